The normalized spacial score (nSPS) is 29.0. The van der Waals surface area contributed by atoms with Crippen LogP contribution in [-0.4, -0.2) is 59.4 Å². The molecule has 35 heavy (non-hydrogen) atoms. The Hall–Kier alpha value is -2.83. The van der Waals surface area contributed by atoms with Crippen LogP contribution in [0.25, 0.3) is 6.08 Å². The average molecular weight is 477 g/mol. The van der Waals surface area contributed by atoms with E-state index in [9.17, 15) is 15.0 Å². The number of piperidine rings is 1. The number of nitrogens with one attached hydrogen (secondary N) is 1. The molecule has 186 valence electrons. The van der Waals surface area contributed by atoms with Gasteiger partial charge in [-0.15, -0.1) is 0 Å². The minimum atomic E-state index is -0.842. The van der Waals surface area contributed by atoms with Crippen LogP contribution >= 0.6 is 0 Å². The van der Waals surface area contributed by atoms with Gasteiger partial charge in [-0.05, 0) is 92.5 Å². The van der Waals surface area contributed by atoms with Crippen molar-refractivity contribution in [3.8, 4) is 11.5 Å². The number of aromatic hydroxyl groups is 1. The maximum absolute atomic E-state index is 12.8. The molecule has 2 aliphatic carbocycles. The van der Waals surface area contributed by atoms with E-state index in [2.05, 4.69) is 22.3 Å². The number of likely N-dealkylation sites (tertiary alicyclic amines) is 1. The Labute approximate surface area is 207 Å². The highest BCUT2D eigenvalue weighted by Gasteiger charge is 2.57. The zero-order valence-corrected chi connectivity index (χ0v) is 20.5. The number of β-amino-alcohol motifs (C(OH)–C–C–N with tert-alkyl or cyclic N) is 1. The molecule has 1 amide bonds. The quantitative estimate of drug-likeness (QED) is 0.529. The zero-order chi connectivity index (χ0) is 24.5. The number of nitrogens with zero attached hydrogens (tertiary/aromatic N) is 1. The summed E-state index contributed by atoms with van der Waals surface area (Å²) in [5.41, 5.74) is 0.589. The van der Waals surface area contributed by atoms with Gasteiger partial charge >= 0.3 is 0 Å². The van der Waals surface area contributed by atoms with Gasteiger partial charge in [-0.2, -0.15) is 0 Å². The smallest absolute Gasteiger partial charge is 0.244 e. The molecule has 6 heteroatoms. The van der Waals surface area contributed by atoms with E-state index < -0.39 is 11.0 Å². The number of hydrogen-bond donors (Lipinski definition) is 3. The van der Waals surface area contributed by atoms with Crippen molar-refractivity contribution in [1.29, 1.82) is 0 Å². The first-order valence-corrected chi connectivity index (χ1v) is 12.8. The van der Waals surface area contributed by atoms with Gasteiger partial charge in [0.2, 0.25) is 5.91 Å². The highest BCUT2D eigenvalue weighted by Crippen LogP contribution is 2.52. The van der Waals surface area contributed by atoms with E-state index >= 15 is 0 Å². The summed E-state index contributed by atoms with van der Waals surface area (Å²) in [7, 11) is 1.67. The van der Waals surface area contributed by atoms with Crippen LogP contribution in [-0.2, 0) is 10.2 Å². The maximum Gasteiger partial charge on any atom is 0.244 e. The Morgan fingerprint density at radius 1 is 1.17 bits per heavy atom. The van der Waals surface area contributed by atoms with Gasteiger partial charge in [-0.25, -0.2) is 0 Å². The van der Waals surface area contributed by atoms with Gasteiger partial charge < -0.3 is 25.2 Å². The molecule has 0 unspecified atom stereocenters. The van der Waals surface area contributed by atoms with Gasteiger partial charge in [0.25, 0.3) is 0 Å². The van der Waals surface area contributed by atoms with Crippen molar-refractivity contribution in [2.24, 2.45) is 5.92 Å². The topological polar surface area (TPSA) is 82.0 Å². The van der Waals surface area contributed by atoms with Crippen LogP contribution in [0, 0.1) is 5.92 Å². The molecule has 1 saturated heterocycles. The van der Waals surface area contributed by atoms with Crippen LogP contribution in [0.2, 0.25) is 0 Å². The number of methoxy groups -OCH3 is 1. The molecule has 0 aromatic heterocycles. The summed E-state index contributed by atoms with van der Waals surface area (Å²) in [6, 6.07) is 14.9. The number of amides is 1. The number of ether oxygens (including phenoxy) is 1. The predicted molar refractivity (Wildman–Crippen MR) is 136 cm³/mol. The van der Waals surface area contributed by atoms with Crippen molar-refractivity contribution < 1.29 is 19.7 Å². The van der Waals surface area contributed by atoms with Crippen LogP contribution in [0.5, 0.6) is 11.5 Å². The fourth-order valence-electron chi connectivity index (χ4n) is 6.17. The van der Waals surface area contributed by atoms with Crippen molar-refractivity contribution in [3.63, 3.8) is 0 Å². The lowest BCUT2D eigenvalue weighted by Crippen LogP contribution is -2.67. The van der Waals surface area contributed by atoms with E-state index in [-0.39, 0.29) is 17.7 Å². The Morgan fingerprint density at radius 2 is 2.00 bits per heavy atom. The number of rotatable bonds is 7. The third-order valence-electron chi connectivity index (χ3n) is 8.21. The molecule has 0 bridgehead atoms. The molecule has 1 aliphatic heterocycles. The van der Waals surface area contributed by atoms with Crippen molar-refractivity contribution in [2.45, 2.75) is 55.6 Å². The number of hydrogen-bond acceptors (Lipinski definition) is 5. The second-order valence-corrected chi connectivity index (χ2v) is 10.7. The predicted octanol–water partition coefficient (Wildman–Crippen LogP) is 3.87. The van der Waals surface area contributed by atoms with Crippen LogP contribution in [0.3, 0.4) is 0 Å². The molecule has 3 N–H and O–H groups in total. The first kappa shape index (κ1) is 23.9. The van der Waals surface area contributed by atoms with E-state index in [1.807, 2.05) is 18.2 Å². The summed E-state index contributed by atoms with van der Waals surface area (Å²) < 4.78 is 5.52. The van der Waals surface area contributed by atoms with Crippen molar-refractivity contribution in [3.05, 3.63) is 65.7 Å². The SMILES string of the molecule is COc1cccc([C@@]23CCN(CC4CC4)C[C@@]2(O)CC[C@H](NC(=O)C=Cc2cccc(O)c2)C3)c1. The van der Waals surface area contributed by atoms with Gasteiger partial charge in [0, 0.05) is 30.6 Å². The molecule has 1 heterocycles. The molecule has 5 rings (SSSR count). The molecule has 3 aliphatic rings. The standard InChI is InChI=1S/C29H36N2O4/c1-35-26-7-3-5-23(17-26)28-14-15-31(19-22-8-9-22)20-29(28,34)13-12-24(18-28)30-27(33)11-10-21-4-2-6-25(32)16-21/h2-7,10-11,16-17,22,24,32,34H,8-9,12-15,18-20H2,1H3,(H,30,33)/t24-,28-,29-/m0/s1. The Kier molecular flexibility index (Phi) is 6.60. The highest BCUT2D eigenvalue weighted by atomic mass is 16.5. The summed E-state index contributed by atoms with van der Waals surface area (Å²) in [6.07, 6.45) is 8.78. The second kappa shape index (κ2) is 9.67. The molecular weight excluding hydrogens is 440 g/mol. The number of phenols is 1. The van der Waals surface area contributed by atoms with Crippen LogP contribution in [0.4, 0.5) is 0 Å². The number of carbonyl (C=O) groups is 1. The van der Waals surface area contributed by atoms with Crippen LogP contribution in [0.15, 0.2) is 54.6 Å². The maximum atomic E-state index is 12.8. The summed E-state index contributed by atoms with van der Waals surface area (Å²) in [5.74, 6) is 1.60. The monoisotopic (exact) mass is 476 g/mol. The molecule has 2 aromatic carbocycles. The lowest BCUT2D eigenvalue weighted by Gasteiger charge is -2.58. The largest absolute Gasteiger partial charge is 0.508 e. The summed E-state index contributed by atoms with van der Waals surface area (Å²) in [6.45, 7) is 2.71. The van der Waals surface area contributed by atoms with E-state index in [1.54, 1.807) is 31.4 Å². The second-order valence-electron chi connectivity index (χ2n) is 10.7. The van der Waals surface area contributed by atoms with Crippen molar-refractivity contribution >= 4 is 12.0 Å². The van der Waals surface area contributed by atoms with E-state index in [1.165, 1.54) is 18.9 Å². The Bertz CT molecular complexity index is 1100. The number of benzene rings is 2. The summed E-state index contributed by atoms with van der Waals surface area (Å²) >= 11 is 0. The minimum Gasteiger partial charge on any atom is -0.508 e. The lowest BCUT2D eigenvalue weighted by atomic mass is 9.55. The molecule has 0 radical (unpaired) electrons. The van der Waals surface area contributed by atoms with Crippen molar-refractivity contribution in [2.75, 3.05) is 26.7 Å². The summed E-state index contributed by atoms with van der Waals surface area (Å²) in [5, 5.41) is 25.0. The van der Waals surface area contributed by atoms with E-state index in [4.69, 9.17) is 4.74 Å². The number of aliphatic hydroxyl groups is 1. The van der Waals surface area contributed by atoms with Gasteiger partial charge in [-0.3, -0.25) is 4.79 Å². The highest BCUT2D eigenvalue weighted by molar-refractivity contribution is 5.92. The minimum absolute atomic E-state index is 0.0298. The fraction of sp³-hybridized carbons (Fsp3) is 0.483. The first-order chi connectivity index (χ1) is 16.9. The molecule has 3 atom stereocenters. The molecule has 6 nitrogen and oxygen atoms in total. The van der Waals surface area contributed by atoms with Crippen molar-refractivity contribution in [1.82, 2.24) is 10.2 Å². The molecular formula is C29H36N2O4. The lowest BCUT2D eigenvalue weighted by molar-refractivity contribution is -0.132. The average Bonchev–Trinajstić information content (AvgIpc) is 3.67. The molecule has 0 spiro atoms. The summed E-state index contributed by atoms with van der Waals surface area (Å²) in [4.78, 5) is 15.2. The number of phenolic OH excluding ortho intramolecular Hbond substituents is 1. The molecule has 3 fully saturated rings. The zero-order valence-electron chi connectivity index (χ0n) is 20.5. The fourth-order valence-corrected chi connectivity index (χ4v) is 6.17. The molecule has 2 saturated carbocycles. The third kappa shape index (κ3) is 5.09. The van der Waals surface area contributed by atoms with E-state index in [0.29, 0.717) is 19.4 Å². The Morgan fingerprint density at radius 3 is 2.77 bits per heavy atom. The van der Waals surface area contributed by atoms with Crippen LogP contribution in [0.1, 0.15) is 49.7 Å². The Balaban J connectivity index is 1.36. The molecule has 2 aromatic rings. The van der Waals surface area contributed by atoms with Gasteiger partial charge in [-0.1, -0.05) is 24.3 Å². The van der Waals surface area contributed by atoms with Gasteiger partial charge in [0.15, 0.2) is 0 Å². The first-order valence-electron chi connectivity index (χ1n) is 12.8. The third-order valence-corrected chi connectivity index (χ3v) is 8.21. The van der Waals surface area contributed by atoms with Crippen LogP contribution < -0.4 is 10.1 Å². The number of carbonyl (C=O) groups excluding carboxylic acids is 1. The van der Waals surface area contributed by atoms with Gasteiger partial charge in [0.1, 0.15) is 11.5 Å². The van der Waals surface area contributed by atoms with E-state index in [0.717, 1.165) is 48.7 Å². The number of fused-ring (bicyclic) bond motifs is 1. The van der Waals surface area contributed by atoms with Gasteiger partial charge in [0.05, 0.1) is 12.7 Å².